The minimum Gasteiger partial charge on any atom is -0.369 e. The zero-order chi connectivity index (χ0) is 14.4. The lowest BCUT2D eigenvalue weighted by molar-refractivity contribution is -0.118. The lowest BCUT2D eigenvalue weighted by Gasteiger charge is -2.23. The van der Waals surface area contributed by atoms with E-state index in [1.54, 1.807) is 0 Å². The predicted molar refractivity (Wildman–Crippen MR) is 75.5 cm³/mol. The van der Waals surface area contributed by atoms with Gasteiger partial charge in [-0.3, -0.25) is 4.79 Å². The van der Waals surface area contributed by atoms with Gasteiger partial charge in [0, 0.05) is 39.2 Å². The summed E-state index contributed by atoms with van der Waals surface area (Å²) < 4.78 is 5.69. The van der Waals surface area contributed by atoms with Gasteiger partial charge in [0.05, 0.1) is 12.3 Å². The highest BCUT2D eigenvalue weighted by atomic mass is 16.5. The van der Waals surface area contributed by atoms with E-state index in [2.05, 4.69) is 25.9 Å². The largest absolute Gasteiger partial charge is 0.369 e. The number of carbonyl (C=O) groups is 1. The molecule has 1 atom stereocenters. The summed E-state index contributed by atoms with van der Waals surface area (Å²) in [6.45, 7) is 6.89. The zero-order valence-corrected chi connectivity index (χ0v) is 11.9. The Morgan fingerprint density at radius 3 is 3.05 bits per heavy atom. The molecule has 7 nitrogen and oxygen atoms in total. The van der Waals surface area contributed by atoms with Crippen LogP contribution < -0.4 is 16.0 Å². The van der Waals surface area contributed by atoms with Crippen LogP contribution in [-0.4, -0.2) is 48.7 Å². The van der Waals surface area contributed by atoms with E-state index in [1.165, 1.54) is 6.92 Å². The van der Waals surface area contributed by atoms with Crippen molar-refractivity contribution < 1.29 is 9.53 Å². The fourth-order valence-corrected chi connectivity index (χ4v) is 2.03. The molecule has 20 heavy (non-hydrogen) atoms. The number of nitrogens with zero attached hydrogens (tertiary/aromatic N) is 2. The summed E-state index contributed by atoms with van der Waals surface area (Å²) in [7, 11) is 0. The topological polar surface area (TPSA) is 88.2 Å². The smallest absolute Gasteiger partial charge is 0.216 e. The fourth-order valence-electron chi connectivity index (χ4n) is 2.03. The van der Waals surface area contributed by atoms with Gasteiger partial charge in [0.15, 0.2) is 0 Å². The SMILES string of the molecule is CC(=O)NCCNc1cc(C2CNCCO2)nc(C)n1. The van der Waals surface area contributed by atoms with Gasteiger partial charge in [0.1, 0.15) is 17.7 Å². The van der Waals surface area contributed by atoms with Crippen LogP contribution in [0.5, 0.6) is 0 Å². The van der Waals surface area contributed by atoms with E-state index < -0.39 is 0 Å². The molecule has 110 valence electrons. The summed E-state index contributed by atoms with van der Waals surface area (Å²) in [6.07, 6.45) is -0.0265. The maximum Gasteiger partial charge on any atom is 0.216 e. The standard InChI is InChI=1S/C13H21N5O2/c1-9-17-11(12-8-14-5-6-20-12)7-13(18-9)16-4-3-15-10(2)19/h7,12,14H,3-6,8H2,1-2H3,(H,15,19)(H,16,17,18). The lowest BCUT2D eigenvalue weighted by Crippen LogP contribution is -2.34. The molecular weight excluding hydrogens is 258 g/mol. The molecule has 0 bridgehead atoms. The lowest BCUT2D eigenvalue weighted by atomic mass is 10.2. The summed E-state index contributed by atoms with van der Waals surface area (Å²) >= 11 is 0. The van der Waals surface area contributed by atoms with Gasteiger partial charge in [0.25, 0.3) is 0 Å². The number of nitrogens with one attached hydrogen (secondary N) is 3. The maximum atomic E-state index is 10.8. The first kappa shape index (κ1) is 14.7. The zero-order valence-electron chi connectivity index (χ0n) is 11.9. The molecule has 1 aromatic rings. The molecule has 1 aliphatic rings. The molecule has 0 aliphatic carbocycles. The van der Waals surface area contributed by atoms with Crippen LogP contribution in [0.15, 0.2) is 6.07 Å². The molecule has 2 rings (SSSR count). The highest BCUT2D eigenvalue weighted by Gasteiger charge is 2.18. The third-order valence-electron chi connectivity index (χ3n) is 2.92. The van der Waals surface area contributed by atoms with Crippen molar-refractivity contribution in [3.8, 4) is 0 Å². The van der Waals surface area contributed by atoms with Crippen molar-refractivity contribution in [1.29, 1.82) is 0 Å². The number of aryl methyl sites for hydroxylation is 1. The molecule has 7 heteroatoms. The first-order valence-corrected chi connectivity index (χ1v) is 6.81. The molecule has 0 spiro atoms. The molecule has 1 amide bonds. The molecule has 1 fully saturated rings. The van der Waals surface area contributed by atoms with Crippen molar-refractivity contribution in [3.63, 3.8) is 0 Å². The van der Waals surface area contributed by atoms with Crippen molar-refractivity contribution in [2.24, 2.45) is 0 Å². The third kappa shape index (κ3) is 4.43. The first-order chi connectivity index (χ1) is 9.65. The normalized spacial score (nSPS) is 18.6. The van der Waals surface area contributed by atoms with Crippen molar-refractivity contribution >= 4 is 11.7 Å². The highest BCUT2D eigenvalue weighted by Crippen LogP contribution is 2.19. The van der Waals surface area contributed by atoms with Crippen LogP contribution >= 0.6 is 0 Å². The molecule has 1 aromatic heterocycles. The van der Waals surface area contributed by atoms with E-state index in [0.29, 0.717) is 25.5 Å². The fraction of sp³-hybridized carbons (Fsp3) is 0.615. The van der Waals surface area contributed by atoms with Gasteiger partial charge < -0.3 is 20.7 Å². The van der Waals surface area contributed by atoms with E-state index >= 15 is 0 Å². The molecular formula is C13H21N5O2. The third-order valence-corrected chi connectivity index (χ3v) is 2.92. The van der Waals surface area contributed by atoms with Crippen LogP contribution in [0.4, 0.5) is 5.82 Å². The van der Waals surface area contributed by atoms with E-state index in [-0.39, 0.29) is 12.0 Å². The molecule has 1 unspecified atom stereocenters. The average Bonchev–Trinajstić information content (AvgIpc) is 2.44. The number of morpholine rings is 1. The van der Waals surface area contributed by atoms with Crippen LogP contribution in [0.3, 0.4) is 0 Å². The average molecular weight is 279 g/mol. The number of anilines is 1. The Bertz CT molecular complexity index is 460. The Morgan fingerprint density at radius 2 is 2.35 bits per heavy atom. The first-order valence-electron chi connectivity index (χ1n) is 6.81. The van der Waals surface area contributed by atoms with Crippen LogP contribution in [0.2, 0.25) is 0 Å². The number of hydrogen-bond acceptors (Lipinski definition) is 6. The van der Waals surface area contributed by atoms with Crippen LogP contribution in [0.25, 0.3) is 0 Å². The van der Waals surface area contributed by atoms with Crippen molar-refractivity contribution in [3.05, 3.63) is 17.6 Å². The second kappa shape index (κ2) is 7.16. The number of aromatic nitrogens is 2. The van der Waals surface area contributed by atoms with E-state index in [9.17, 15) is 4.79 Å². The van der Waals surface area contributed by atoms with Crippen molar-refractivity contribution in [1.82, 2.24) is 20.6 Å². The minimum absolute atomic E-state index is 0.0265. The molecule has 1 aliphatic heterocycles. The summed E-state index contributed by atoms with van der Waals surface area (Å²) in [5.74, 6) is 1.43. The Kier molecular flexibility index (Phi) is 5.25. The van der Waals surface area contributed by atoms with E-state index in [1.807, 2.05) is 13.0 Å². The van der Waals surface area contributed by atoms with E-state index in [4.69, 9.17) is 4.74 Å². The van der Waals surface area contributed by atoms with Gasteiger partial charge in [-0.05, 0) is 6.92 Å². The molecule has 1 saturated heterocycles. The maximum absolute atomic E-state index is 10.8. The van der Waals surface area contributed by atoms with Gasteiger partial charge in [0.2, 0.25) is 5.91 Å². The molecule has 0 aromatic carbocycles. The monoisotopic (exact) mass is 279 g/mol. The highest BCUT2D eigenvalue weighted by molar-refractivity contribution is 5.72. The number of rotatable bonds is 5. The van der Waals surface area contributed by atoms with Gasteiger partial charge >= 0.3 is 0 Å². The minimum atomic E-state index is -0.0342. The molecule has 2 heterocycles. The summed E-state index contributed by atoms with van der Waals surface area (Å²) in [5.41, 5.74) is 0.881. The van der Waals surface area contributed by atoms with Crippen LogP contribution in [0, 0.1) is 6.92 Å². The Hall–Kier alpha value is -1.73. The van der Waals surface area contributed by atoms with E-state index in [0.717, 1.165) is 24.6 Å². The number of ether oxygens (including phenoxy) is 1. The van der Waals surface area contributed by atoms with Gasteiger partial charge in [-0.1, -0.05) is 0 Å². The summed E-state index contributed by atoms with van der Waals surface area (Å²) in [6, 6.07) is 1.90. The number of carbonyl (C=O) groups excluding carboxylic acids is 1. The van der Waals surface area contributed by atoms with Crippen LogP contribution in [-0.2, 0) is 9.53 Å². The Morgan fingerprint density at radius 1 is 1.50 bits per heavy atom. The van der Waals surface area contributed by atoms with Crippen LogP contribution in [0.1, 0.15) is 24.5 Å². The summed E-state index contributed by atoms with van der Waals surface area (Å²) in [4.78, 5) is 19.5. The molecule has 0 radical (unpaired) electrons. The van der Waals surface area contributed by atoms with Gasteiger partial charge in [-0.2, -0.15) is 0 Å². The Labute approximate surface area is 118 Å². The summed E-state index contributed by atoms with van der Waals surface area (Å²) in [5, 5.41) is 9.19. The van der Waals surface area contributed by atoms with Gasteiger partial charge in [-0.15, -0.1) is 0 Å². The van der Waals surface area contributed by atoms with Crippen molar-refractivity contribution in [2.45, 2.75) is 20.0 Å². The van der Waals surface area contributed by atoms with Gasteiger partial charge in [-0.25, -0.2) is 9.97 Å². The second-order valence-electron chi connectivity index (χ2n) is 4.70. The second-order valence-corrected chi connectivity index (χ2v) is 4.70. The molecule has 3 N–H and O–H groups in total. The predicted octanol–water partition coefficient (Wildman–Crippen LogP) is -0.00608. The Balaban J connectivity index is 1.95. The van der Waals surface area contributed by atoms with Crippen molar-refractivity contribution in [2.75, 3.05) is 38.1 Å². The quantitative estimate of drug-likeness (QED) is 0.657. The molecule has 0 saturated carbocycles. The number of amides is 1. The number of hydrogen-bond donors (Lipinski definition) is 3.